The van der Waals surface area contributed by atoms with Gasteiger partial charge in [-0.05, 0) is 12.8 Å². The molecule has 0 spiro atoms. The summed E-state index contributed by atoms with van der Waals surface area (Å²) in [5.74, 6) is -1.12. The molecule has 7 heteroatoms. The van der Waals surface area contributed by atoms with Gasteiger partial charge >= 0.3 is 12.0 Å². The zero-order valence-corrected chi connectivity index (χ0v) is 12.9. The van der Waals surface area contributed by atoms with Crippen LogP contribution >= 0.6 is 0 Å². The van der Waals surface area contributed by atoms with Crippen LogP contribution in [0.15, 0.2) is 0 Å². The summed E-state index contributed by atoms with van der Waals surface area (Å²) >= 11 is 0. The van der Waals surface area contributed by atoms with Crippen molar-refractivity contribution in [3.05, 3.63) is 0 Å². The van der Waals surface area contributed by atoms with Crippen molar-refractivity contribution in [3.63, 3.8) is 0 Å². The fraction of sp³-hybridized carbons (Fsp3) is 0.769. The van der Waals surface area contributed by atoms with Crippen LogP contribution in [0.4, 0.5) is 4.79 Å². The number of hydrogen-bond acceptors (Lipinski definition) is 3. The summed E-state index contributed by atoms with van der Waals surface area (Å²) in [7, 11) is 4.71. The van der Waals surface area contributed by atoms with E-state index in [-0.39, 0.29) is 19.0 Å². The minimum Gasteiger partial charge on any atom is -0.481 e. The van der Waals surface area contributed by atoms with Crippen molar-refractivity contribution in [3.8, 4) is 0 Å². The molecule has 0 saturated heterocycles. The van der Waals surface area contributed by atoms with E-state index in [4.69, 9.17) is 0 Å². The molecule has 0 aromatic rings. The molecule has 0 aliphatic carbocycles. The summed E-state index contributed by atoms with van der Waals surface area (Å²) in [5.41, 5.74) is -0.956. The Morgan fingerprint density at radius 3 is 1.95 bits per heavy atom. The smallest absolute Gasteiger partial charge is 0.317 e. The monoisotopic (exact) mass is 287 g/mol. The lowest BCUT2D eigenvalue weighted by atomic mass is 9.82. The lowest BCUT2D eigenvalue weighted by Gasteiger charge is -2.28. The molecule has 0 aliphatic heterocycles. The number of nitrogens with zero attached hydrogens (tertiary/aromatic N) is 2. The van der Waals surface area contributed by atoms with Crippen LogP contribution in [-0.4, -0.2) is 67.0 Å². The number of rotatable bonds is 7. The number of amides is 3. The third-order valence-electron chi connectivity index (χ3n) is 3.60. The van der Waals surface area contributed by atoms with Crippen LogP contribution in [0, 0.1) is 5.41 Å². The summed E-state index contributed by atoms with van der Waals surface area (Å²) in [5, 5.41) is 11.9. The predicted molar refractivity (Wildman–Crippen MR) is 75.4 cm³/mol. The summed E-state index contributed by atoms with van der Waals surface area (Å²) in [4.78, 5) is 37.3. The molecule has 2 N–H and O–H groups in total. The van der Waals surface area contributed by atoms with Gasteiger partial charge in [-0.25, -0.2) is 4.79 Å². The Hall–Kier alpha value is -1.79. The van der Waals surface area contributed by atoms with Gasteiger partial charge in [0.2, 0.25) is 5.91 Å². The summed E-state index contributed by atoms with van der Waals surface area (Å²) < 4.78 is 0. The first-order valence-electron chi connectivity index (χ1n) is 6.62. The van der Waals surface area contributed by atoms with E-state index in [9.17, 15) is 19.5 Å². The van der Waals surface area contributed by atoms with Crippen LogP contribution in [0.25, 0.3) is 0 Å². The van der Waals surface area contributed by atoms with Crippen molar-refractivity contribution in [2.24, 2.45) is 5.41 Å². The van der Waals surface area contributed by atoms with Gasteiger partial charge in [0.25, 0.3) is 0 Å². The molecule has 0 unspecified atom stereocenters. The molecule has 20 heavy (non-hydrogen) atoms. The molecule has 0 heterocycles. The summed E-state index contributed by atoms with van der Waals surface area (Å²) in [6, 6.07) is -0.451. The molecule has 0 atom stereocenters. The van der Waals surface area contributed by atoms with Crippen LogP contribution in [0.5, 0.6) is 0 Å². The number of carbonyl (C=O) groups excluding carboxylic acids is 2. The van der Waals surface area contributed by atoms with Gasteiger partial charge in [0, 0.05) is 27.7 Å². The van der Waals surface area contributed by atoms with Gasteiger partial charge < -0.3 is 20.2 Å². The number of carboxylic acids is 1. The lowest BCUT2D eigenvalue weighted by Crippen LogP contribution is -2.48. The first-order valence-corrected chi connectivity index (χ1v) is 6.62. The molecular weight excluding hydrogens is 262 g/mol. The number of carboxylic acid groups (broad SMARTS) is 1. The normalized spacial score (nSPS) is 10.8. The molecule has 0 aromatic carbocycles. The van der Waals surface area contributed by atoms with Gasteiger partial charge in [-0.2, -0.15) is 0 Å². The van der Waals surface area contributed by atoms with Crippen LogP contribution in [0.2, 0.25) is 0 Å². The highest BCUT2D eigenvalue weighted by molar-refractivity contribution is 5.84. The Morgan fingerprint density at radius 1 is 1.10 bits per heavy atom. The number of nitrogens with one attached hydrogen (secondary N) is 1. The lowest BCUT2D eigenvalue weighted by molar-refractivity contribution is -0.149. The molecule has 0 rings (SSSR count). The summed E-state index contributed by atoms with van der Waals surface area (Å²) in [6.45, 7) is 3.57. The van der Waals surface area contributed by atoms with E-state index in [1.165, 1.54) is 16.8 Å². The first-order chi connectivity index (χ1) is 9.20. The maximum Gasteiger partial charge on any atom is 0.317 e. The van der Waals surface area contributed by atoms with Crippen LogP contribution in [0.3, 0.4) is 0 Å². The van der Waals surface area contributed by atoms with Crippen molar-refractivity contribution in [1.29, 1.82) is 0 Å². The molecule has 0 aliphatic rings. The molecule has 0 aromatic heterocycles. The van der Waals surface area contributed by atoms with Crippen molar-refractivity contribution < 1.29 is 19.5 Å². The van der Waals surface area contributed by atoms with Gasteiger partial charge in [0.15, 0.2) is 0 Å². The fourth-order valence-corrected chi connectivity index (χ4v) is 1.67. The standard InChI is InChI=1S/C13H25N3O4/c1-6-13(7-2,11(18)19)9-14-12(20)16(5)8-10(17)15(3)4/h6-9H2,1-5H3,(H,14,20)(H,18,19). The zero-order chi connectivity index (χ0) is 15.9. The molecule has 0 radical (unpaired) electrons. The van der Waals surface area contributed by atoms with E-state index in [1.807, 2.05) is 0 Å². The SMILES string of the molecule is CCC(CC)(CNC(=O)N(C)CC(=O)N(C)C)C(=O)O. The summed E-state index contributed by atoms with van der Waals surface area (Å²) in [6.07, 6.45) is 0.860. The van der Waals surface area contributed by atoms with E-state index >= 15 is 0 Å². The number of carbonyl (C=O) groups is 3. The van der Waals surface area contributed by atoms with Gasteiger partial charge in [-0.1, -0.05) is 13.8 Å². The minimum absolute atomic E-state index is 0.0445. The van der Waals surface area contributed by atoms with Crippen LogP contribution in [0.1, 0.15) is 26.7 Å². The second-order valence-electron chi connectivity index (χ2n) is 5.10. The average Bonchev–Trinajstić information content (AvgIpc) is 2.39. The van der Waals surface area contributed by atoms with Crippen molar-refractivity contribution in [2.45, 2.75) is 26.7 Å². The van der Waals surface area contributed by atoms with Gasteiger partial charge in [-0.3, -0.25) is 9.59 Å². The molecule has 3 amide bonds. The van der Waals surface area contributed by atoms with E-state index in [0.717, 1.165) is 0 Å². The van der Waals surface area contributed by atoms with Crippen molar-refractivity contribution in [2.75, 3.05) is 34.2 Å². The Kier molecular flexibility index (Phi) is 7.02. The Balaban J connectivity index is 4.54. The number of likely N-dealkylation sites (N-methyl/N-ethyl adjacent to an activating group) is 2. The Morgan fingerprint density at radius 2 is 1.60 bits per heavy atom. The van der Waals surface area contributed by atoms with Crippen LogP contribution in [-0.2, 0) is 9.59 Å². The van der Waals surface area contributed by atoms with Gasteiger partial charge in [0.05, 0.1) is 5.41 Å². The van der Waals surface area contributed by atoms with Crippen molar-refractivity contribution in [1.82, 2.24) is 15.1 Å². The zero-order valence-electron chi connectivity index (χ0n) is 12.9. The quantitative estimate of drug-likeness (QED) is 0.718. The van der Waals surface area contributed by atoms with E-state index in [0.29, 0.717) is 12.8 Å². The predicted octanol–water partition coefficient (Wildman–Crippen LogP) is 0.607. The van der Waals surface area contributed by atoms with Crippen LogP contribution < -0.4 is 5.32 Å². The highest BCUT2D eigenvalue weighted by Crippen LogP contribution is 2.25. The second kappa shape index (κ2) is 7.72. The number of hydrogen-bond donors (Lipinski definition) is 2. The third kappa shape index (κ3) is 4.71. The molecular formula is C13H25N3O4. The molecule has 7 nitrogen and oxygen atoms in total. The molecule has 0 fully saturated rings. The molecule has 0 bridgehead atoms. The highest BCUT2D eigenvalue weighted by atomic mass is 16.4. The second-order valence-corrected chi connectivity index (χ2v) is 5.10. The maximum absolute atomic E-state index is 11.9. The highest BCUT2D eigenvalue weighted by Gasteiger charge is 2.35. The maximum atomic E-state index is 11.9. The third-order valence-corrected chi connectivity index (χ3v) is 3.60. The van der Waals surface area contributed by atoms with E-state index in [1.54, 1.807) is 27.9 Å². The van der Waals surface area contributed by atoms with Crippen molar-refractivity contribution >= 4 is 17.9 Å². The van der Waals surface area contributed by atoms with E-state index in [2.05, 4.69) is 5.32 Å². The number of urea groups is 1. The van der Waals surface area contributed by atoms with E-state index < -0.39 is 17.4 Å². The molecule has 0 saturated carbocycles. The van der Waals surface area contributed by atoms with Gasteiger partial charge in [0.1, 0.15) is 6.54 Å². The number of aliphatic carboxylic acids is 1. The Bertz CT molecular complexity index is 365. The minimum atomic E-state index is -0.956. The largest absolute Gasteiger partial charge is 0.481 e. The topological polar surface area (TPSA) is 90.0 Å². The van der Waals surface area contributed by atoms with Gasteiger partial charge in [-0.15, -0.1) is 0 Å². The average molecular weight is 287 g/mol. The first kappa shape index (κ1) is 18.2. The molecule has 116 valence electrons. The fourth-order valence-electron chi connectivity index (χ4n) is 1.67. The Labute approximate surface area is 119 Å².